The van der Waals surface area contributed by atoms with Crippen molar-refractivity contribution in [3.05, 3.63) is 5.82 Å². The van der Waals surface area contributed by atoms with Crippen molar-refractivity contribution < 1.29 is 0 Å². The van der Waals surface area contributed by atoms with Crippen molar-refractivity contribution in [2.75, 3.05) is 5.73 Å². The highest BCUT2D eigenvalue weighted by molar-refractivity contribution is 7.19. The van der Waals surface area contributed by atoms with E-state index in [4.69, 9.17) is 5.73 Å². The van der Waals surface area contributed by atoms with Gasteiger partial charge in [0.15, 0.2) is 16.7 Å². The first kappa shape index (κ1) is 10.1. The Balaban J connectivity index is 2.14. The fraction of sp³-hybridized carbons (Fsp3) is 0.375. The van der Waals surface area contributed by atoms with Crippen LogP contribution in [-0.2, 0) is 0 Å². The lowest BCUT2D eigenvalue weighted by Crippen LogP contribution is -1.98. The molecule has 0 aliphatic carbocycles. The number of nitrogen functional groups attached to an aromatic ring is 1. The van der Waals surface area contributed by atoms with Crippen LogP contribution in [0.1, 0.15) is 25.6 Å². The summed E-state index contributed by atoms with van der Waals surface area (Å²) in [5.41, 5.74) is 5.45. The van der Waals surface area contributed by atoms with Crippen LogP contribution in [0.15, 0.2) is 0 Å². The normalized spacial score (nSPS) is 11.7. The van der Waals surface area contributed by atoms with Gasteiger partial charge in [0, 0.05) is 5.92 Å². The molecule has 3 N–H and O–H groups in total. The minimum absolute atomic E-state index is 0.204. The number of H-pyrrole nitrogens is 1. The van der Waals surface area contributed by atoms with Gasteiger partial charge in [0.1, 0.15) is 0 Å². The molecule has 0 atom stereocenters. The Morgan fingerprint density at radius 1 is 1.35 bits per heavy atom. The fourth-order valence-electron chi connectivity index (χ4n) is 1.46. The highest BCUT2D eigenvalue weighted by Gasteiger charge is 2.16. The predicted octanol–water partition coefficient (Wildman–Crippen LogP) is 0.676. The molecule has 0 aliphatic rings. The Morgan fingerprint density at radius 3 is 2.82 bits per heavy atom. The summed E-state index contributed by atoms with van der Waals surface area (Å²) in [6.45, 7) is 4.09. The van der Waals surface area contributed by atoms with E-state index in [1.165, 1.54) is 11.3 Å². The van der Waals surface area contributed by atoms with E-state index in [-0.39, 0.29) is 11.9 Å². The molecule has 17 heavy (non-hydrogen) atoms. The molecule has 3 heterocycles. The summed E-state index contributed by atoms with van der Waals surface area (Å²) < 4.78 is 1.73. The maximum absolute atomic E-state index is 5.45. The molecule has 0 fully saturated rings. The van der Waals surface area contributed by atoms with Gasteiger partial charge in [0.05, 0.1) is 0 Å². The van der Waals surface area contributed by atoms with Crippen molar-refractivity contribution in [1.82, 2.24) is 35.0 Å². The molecule has 0 saturated heterocycles. The number of nitrogens with one attached hydrogen (secondary N) is 1. The topological polar surface area (TPSA) is 111 Å². The van der Waals surface area contributed by atoms with E-state index in [9.17, 15) is 0 Å². The average molecular weight is 250 g/mol. The SMILES string of the molecule is CC(C)c1nnc2sc(-c3nc(N)n[nH]3)nn12. The van der Waals surface area contributed by atoms with Gasteiger partial charge in [-0.2, -0.15) is 9.50 Å². The van der Waals surface area contributed by atoms with E-state index in [0.29, 0.717) is 10.8 Å². The number of nitrogens with zero attached hydrogens (tertiary/aromatic N) is 6. The third-order valence-electron chi connectivity index (χ3n) is 2.24. The molecular weight excluding hydrogens is 240 g/mol. The summed E-state index contributed by atoms with van der Waals surface area (Å²) in [5, 5.41) is 19.7. The second kappa shape index (κ2) is 3.48. The third kappa shape index (κ3) is 1.55. The number of nitrogens with two attached hydrogens (primary N) is 1. The lowest BCUT2D eigenvalue weighted by molar-refractivity contribution is 0.726. The first-order valence-electron chi connectivity index (χ1n) is 5.05. The van der Waals surface area contributed by atoms with E-state index >= 15 is 0 Å². The molecule has 9 heteroatoms. The number of hydrogen-bond donors (Lipinski definition) is 2. The van der Waals surface area contributed by atoms with Crippen molar-refractivity contribution in [3.8, 4) is 10.8 Å². The largest absolute Gasteiger partial charge is 0.366 e. The molecular formula is C8H10N8S. The molecule has 3 rings (SSSR count). The number of rotatable bonds is 2. The Kier molecular flexibility index (Phi) is 2.08. The Labute approximate surface area is 99.9 Å². The Bertz CT molecular complexity index is 662. The van der Waals surface area contributed by atoms with Crippen LogP contribution in [0.5, 0.6) is 0 Å². The number of hydrogen-bond acceptors (Lipinski definition) is 7. The fourth-order valence-corrected chi connectivity index (χ4v) is 2.24. The van der Waals surface area contributed by atoms with E-state index in [1.54, 1.807) is 4.52 Å². The van der Waals surface area contributed by atoms with E-state index in [2.05, 4.69) is 30.5 Å². The molecule has 0 saturated carbocycles. The van der Waals surface area contributed by atoms with Crippen LogP contribution in [0.2, 0.25) is 0 Å². The average Bonchev–Trinajstić information content (AvgIpc) is 2.89. The highest BCUT2D eigenvalue weighted by Crippen LogP contribution is 2.24. The van der Waals surface area contributed by atoms with Crippen molar-refractivity contribution in [3.63, 3.8) is 0 Å². The van der Waals surface area contributed by atoms with Crippen molar-refractivity contribution in [2.24, 2.45) is 0 Å². The Hall–Kier alpha value is -2.03. The summed E-state index contributed by atoms with van der Waals surface area (Å²) in [5.74, 6) is 1.84. The molecule has 3 aromatic rings. The van der Waals surface area contributed by atoms with E-state index in [0.717, 1.165) is 10.8 Å². The second-order valence-corrected chi connectivity index (χ2v) is 4.81. The minimum Gasteiger partial charge on any atom is -0.366 e. The van der Waals surface area contributed by atoms with Crippen LogP contribution in [-0.4, -0.2) is 35.0 Å². The number of aromatic amines is 1. The zero-order chi connectivity index (χ0) is 12.0. The van der Waals surface area contributed by atoms with Gasteiger partial charge in [-0.1, -0.05) is 25.2 Å². The molecule has 0 aromatic carbocycles. The monoisotopic (exact) mass is 250 g/mol. The summed E-state index contributed by atoms with van der Waals surface area (Å²) in [6, 6.07) is 0. The van der Waals surface area contributed by atoms with Crippen molar-refractivity contribution >= 4 is 22.2 Å². The molecule has 0 spiro atoms. The highest BCUT2D eigenvalue weighted by atomic mass is 32.1. The van der Waals surface area contributed by atoms with Crippen LogP contribution in [0, 0.1) is 0 Å². The smallest absolute Gasteiger partial charge is 0.239 e. The van der Waals surface area contributed by atoms with Crippen LogP contribution >= 0.6 is 11.3 Å². The molecule has 0 unspecified atom stereocenters. The van der Waals surface area contributed by atoms with Gasteiger partial charge in [0.25, 0.3) is 0 Å². The van der Waals surface area contributed by atoms with E-state index in [1.807, 2.05) is 13.8 Å². The molecule has 0 bridgehead atoms. The maximum Gasteiger partial charge on any atom is 0.239 e. The lowest BCUT2D eigenvalue weighted by atomic mass is 10.2. The van der Waals surface area contributed by atoms with Crippen LogP contribution in [0.3, 0.4) is 0 Å². The zero-order valence-electron chi connectivity index (χ0n) is 9.25. The first-order valence-corrected chi connectivity index (χ1v) is 5.87. The molecule has 0 aliphatic heterocycles. The van der Waals surface area contributed by atoms with Gasteiger partial charge >= 0.3 is 0 Å². The second-order valence-electron chi connectivity index (χ2n) is 3.86. The summed E-state index contributed by atoms with van der Waals surface area (Å²) >= 11 is 1.39. The zero-order valence-corrected chi connectivity index (χ0v) is 10.1. The van der Waals surface area contributed by atoms with Gasteiger partial charge in [-0.15, -0.1) is 20.4 Å². The van der Waals surface area contributed by atoms with Crippen molar-refractivity contribution in [2.45, 2.75) is 19.8 Å². The number of aromatic nitrogens is 7. The van der Waals surface area contributed by atoms with E-state index < -0.39 is 0 Å². The number of anilines is 1. The van der Waals surface area contributed by atoms with Gasteiger partial charge in [-0.05, 0) is 0 Å². The van der Waals surface area contributed by atoms with Crippen LogP contribution < -0.4 is 5.73 Å². The third-order valence-corrected chi connectivity index (χ3v) is 3.14. The van der Waals surface area contributed by atoms with Crippen molar-refractivity contribution in [1.29, 1.82) is 0 Å². The molecule has 88 valence electrons. The molecule has 0 radical (unpaired) electrons. The predicted molar refractivity (Wildman–Crippen MR) is 62.5 cm³/mol. The van der Waals surface area contributed by atoms with Gasteiger partial charge in [0.2, 0.25) is 10.9 Å². The minimum atomic E-state index is 0.204. The Morgan fingerprint density at radius 2 is 2.18 bits per heavy atom. The molecule has 8 nitrogen and oxygen atoms in total. The maximum atomic E-state index is 5.45. The standard InChI is InChI=1S/C8H10N8S/c1-3(2)5-12-14-8-16(5)15-6(17-8)4-10-7(9)13-11-4/h3H,1-2H3,(H3,9,10,11,13). The summed E-state index contributed by atoms with van der Waals surface area (Å²) in [7, 11) is 0. The summed E-state index contributed by atoms with van der Waals surface area (Å²) in [6.07, 6.45) is 0. The number of fused-ring (bicyclic) bond motifs is 1. The lowest BCUT2D eigenvalue weighted by Gasteiger charge is -1.97. The quantitative estimate of drug-likeness (QED) is 0.691. The van der Waals surface area contributed by atoms with Gasteiger partial charge < -0.3 is 5.73 Å². The van der Waals surface area contributed by atoms with Gasteiger partial charge in [-0.3, -0.25) is 5.10 Å². The first-order chi connectivity index (χ1) is 8.15. The van der Waals surface area contributed by atoms with Crippen LogP contribution in [0.4, 0.5) is 5.95 Å². The van der Waals surface area contributed by atoms with Gasteiger partial charge in [-0.25, -0.2) is 0 Å². The molecule has 0 amide bonds. The van der Waals surface area contributed by atoms with Crippen LogP contribution in [0.25, 0.3) is 15.8 Å². The molecule has 3 aromatic heterocycles. The summed E-state index contributed by atoms with van der Waals surface area (Å²) in [4.78, 5) is 4.76.